The van der Waals surface area contributed by atoms with E-state index in [1.807, 2.05) is 54.6 Å². The van der Waals surface area contributed by atoms with E-state index in [1.54, 1.807) is 12.1 Å². The lowest BCUT2D eigenvalue weighted by atomic mass is 10.0. The van der Waals surface area contributed by atoms with Crippen LogP contribution in [-0.2, 0) is 16.0 Å². The highest BCUT2D eigenvalue weighted by Crippen LogP contribution is 2.37. The monoisotopic (exact) mass is 477 g/mol. The predicted octanol–water partition coefficient (Wildman–Crippen LogP) is 4.62. The Bertz CT molecular complexity index is 1510. The lowest BCUT2D eigenvalue weighted by Gasteiger charge is -2.12. The Morgan fingerprint density at radius 1 is 0.917 bits per heavy atom. The second-order valence-corrected chi connectivity index (χ2v) is 8.48. The van der Waals surface area contributed by atoms with E-state index in [2.05, 4.69) is 11.4 Å². The molecule has 178 valence electrons. The van der Waals surface area contributed by atoms with Crippen molar-refractivity contribution in [2.75, 3.05) is 11.9 Å². The highest BCUT2D eigenvalue weighted by molar-refractivity contribution is 6.08. The van der Waals surface area contributed by atoms with Gasteiger partial charge in [0.25, 0.3) is 5.91 Å². The Labute approximate surface area is 207 Å². The van der Waals surface area contributed by atoms with Crippen molar-refractivity contribution in [2.45, 2.75) is 12.8 Å². The molecule has 0 aliphatic heterocycles. The van der Waals surface area contributed by atoms with Gasteiger partial charge in [0.1, 0.15) is 0 Å². The molecule has 1 aromatic heterocycles. The number of allylic oxidation sites excluding steroid dienone is 1. The second kappa shape index (κ2) is 9.84. The van der Waals surface area contributed by atoms with Gasteiger partial charge in [-0.25, -0.2) is 9.78 Å². The first-order chi connectivity index (χ1) is 17.5. The van der Waals surface area contributed by atoms with Crippen LogP contribution in [0.2, 0.25) is 0 Å². The number of amides is 2. The summed E-state index contributed by atoms with van der Waals surface area (Å²) in [6.45, 7) is -0.450. The van der Waals surface area contributed by atoms with E-state index >= 15 is 0 Å². The Hall–Kier alpha value is -4.78. The minimum atomic E-state index is -0.565. The van der Waals surface area contributed by atoms with Gasteiger partial charge in [-0.05, 0) is 65.9 Å². The second-order valence-electron chi connectivity index (χ2n) is 8.48. The molecule has 0 spiro atoms. The smallest absolute Gasteiger partial charge is 0.339 e. The molecule has 1 aliphatic carbocycles. The van der Waals surface area contributed by atoms with Crippen molar-refractivity contribution in [1.29, 1.82) is 0 Å². The third-order valence-corrected chi connectivity index (χ3v) is 6.07. The molecule has 0 atom stereocenters. The number of ether oxygens (including phenoxy) is 1. The topological polar surface area (TPSA) is 111 Å². The van der Waals surface area contributed by atoms with Crippen molar-refractivity contribution in [3.63, 3.8) is 0 Å². The van der Waals surface area contributed by atoms with Gasteiger partial charge in [-0.15, -0.1) is 0 Å². The molecule has 4 aromatic rings. The van der Waals surface area contributed by atoms with Gasteiger partial charge in [-0.1, -0.05) is 48.5 Å². The summed E-state index contributed by atoms with van der Waals surface area (Å²) < 4.78 is 5.44. The lowest BCUT2D eigenvalue weighted by molar-refractivity contribution is -0.119. The first-order valence-corrected chi connectivity index (χ1v) is 11.5. The van der Waals surface area contributed by atoms with Gasteiger partial charge in [0, 0.05) is 16.6 Å². The number of carbonyl (C=O) groups excluding carboxylic acids is 3. The summed E-state index contributed by atoms with van der Waals surface area (Å²) in [4.78, 5) is 41.7. The highest BCUT2D eigenvalue weighted by Gasteiger charge is 2.28. The number of fused-ring (bicyclic) bond motifs is 2. The van der Waals surface area contributed by atoms with E-state index in [-0.39, 0.29) is 0 Å². The van der Waals surface area contributed by atoms with Crippen LogP contribution in [0.15, 0.2) is 78.9 Å². The molecular weight excluding hydrogens is 454 g/mol. The zero-order chi connectivity index (χ0) is 25.1. The maximum Gasteiger partial charge on any atom is 0.339 e. The van der Waals surface area contributed by atoms with Gasteiger partial charge in [-0.3, -0.25) is 9.59 Å². The molecule has 0 saturated carbocycles. The van der Waals surface area contributed by atoms with Crippen LogP contribution >= 0.6 is 0 Å². The standard InChI is InChI=1S/C29H23N3O4/c30-28(34)19-10-13-21(14-11-19)31-25(33)17-36-29(35)26-22-8-4-5-9-24(22)32-27-20(12-15-23(26)27)16-18-6-2-1-3-7-18/h1-11,13-14,16H,12,15,17H2,(H2,30,34)(H,31,33)/b20-16-. The van der Waals surface area contributed by atoms with Crippen LogP contribution in [0.1, 0.15) is 44.0 Å². The van der Waals surface area contributed by atoms with E-state index in [9.17, 15) is 14.4 Å². The molecule has 0 fully saturated rings. The Morgan fingerprint density at radius 3 is 2.39 bits per heavy atom. The third-order valence-electron chi connectivity index (χ3n) is 6.07. The van der Waals surface area contributed by atoms with E-state index < -0.39 is 24.4 Å². The quantitative estimate of drug-likeness (QED) is 0.394. The zero-order valence-corrected chi connectivity index (χ0v) is 19.4. The molecule has 7 nitrogen and oxygen atoms in total. The van der Waals surface area contributed by atoms with Gasteiger partial charge >= 0.3 is 5.97 Å². The number of pyridine rings is 1. The van der Waals surface area contributed by atoms with Crippen LogP contribution < -0.4 is 11.1 Å². The molecule has 5 rings (SSSR count). The number of anilines is 1. The van der Waals surface area contributed by atoms with Gasteiger partial charge in [-0.2, -0.15) is 0 Å². The van der Waals surface area contributed by atoms with Crippen LogP contribution in [0, 0.1) is 0 Å². The minimum Gasteiger partial charge on any atom is -0.452 e. The predicted molar refractivity (Wildman–Crippen MR) is 138 cm³/mol. The molecule has 7 heteroatoms. The first-order valence-electron chi connectivity index (χ1n) is 11.5. The van der Waals surface area contributed by atoms with Crippen molar-refractivity contribution in [1.82, 2.24) is 4.98 Å². The summed E-state index contributed by atoms with van der Waals surface area (Å²) in [5.74, 6) is -1.61. The summed E-state index contributed by atoms with van der Waals surface area (Å²) in [6.07, 6.45) is 3.52. The van der Waals surface area contributed by atoms with E-state index in [4.69, 9.17) is 15.5 Å². The third kappa shape index (κ3) is 4.72. The number of para-hydroxylation sites is 1. The molecule has 0 bridgehead atoms. The SMILES string of the molecule is NC(=O)c1ccc(NC(=O)COC(=O)c2c3c(nc4ccccc24)/C(=C\c2ccccc2)CC3)cc1. The summed E-state index contributed by atoms with van der Waals surface area (Å²) in [5, 5.41) is 3.35. The van der Waals surface area contributed by atoms with Gasteiger partial charge in [0.15, 0.2) is 6.61 Å². The summed E-state index contributed by atoms with van der Waals surface area (Å²) in [6, 6.07) is 23.6. The van der Waals surface area contributed by atoms with Crippen LogP contribution in [-0.4, -0.2) is 29.4 Å². The molecule has 0 saturated heterocycles. The molecule has 3 N–H and O–H groups in total. The number of hydrogen-bond donors (Lipinski definition) is 2. The van der Waals surface area contributed by atoms with E-state index in [1.165, 1.54) is 12.1 Å². The molecule has 1 aliphatic rings. The Morgan fingerprint density at radius 2 is 1.64 bits per heavy atom. The van der Waals surface area contributed by atoms with Gasteiger partial charge < -0.3 is 15.8 Å². The Kier molecular flexibility index (Phi) is 6.28. The molecule has 36 heavy (non-hydrogen) atoms. The van der Waals surface area contributed by atoms with Crippen LogP contribution in [0.3, 0.4) is 0 Å². The molecule has 1 heterocycles. The molecule has 2 amide bonds. The van der Waals surface area contributed by atoms with Crippen molar-refractivity contribution < 1.29 is 19.1 Å². The van der Waals surface area contributed by atoms with Crippen molar-refractivity contribution in [2.24, 2.45) is 5.73 Å². The van der Waals surface area contributed by atoms with Gasteiger partial charge in [0.2, 0.25) is 5.91 Å². The normalized spacial score (nSPS) is 13.4. The van der Waals surface area contributed by atoms with Crippen LogP contribution in [0.25, 0.3) is 22.6 Å². The van der Waals surface area contributed by atoms with Crippen LogP contribution in [0.4, 0.5) is 5.69 Å². The largest absolute Gasteiger partial charge is 0.452 e. The number of nitrogens with zero attached hydrogens (tertiary/aromatic N) is 1. The number of hydrogen-bond acceptors (Lipinski definition) is 5. The summed E-state index contributed by atoms with van der Waals surface area (Å²) in [5.41, 5.74) is 10.9. The van der Waals surface area contributed by atoms with E-state index in [0.29, 0.717) is 34.1 Å². The zero-order valence-electron chi connectivity index (χ0n) is 19.4. The average molecular weight is 478 g/mol. The Balaban J connectivity index is 1.38. The highest BCUT2D eigenvalue weighted by atomic mass is 16.5. The van der Waals surface area contributed by atoms with Crippen molar-refractivity contribution in [3.8, 4) is 0 Å². The summed E-state index contributed by atoms with van der Waals surface area (Å²) >= 11 is 0. The number of carbonyl (C=O) groups is 3. The fourth-order valence-electron chi connectivity index (χ4n) is 4.38. The number of nitrogens with two attached hydrogens (primary N) is 1. The first kappa shape index (κ1) is 23.0. The molecular formula is C29H23N3O4. The van der Waals surface area contributed by atoms with Crippen LogP contribution in [0.5, 0.6) is 0 Å². The minimum absolute atomic E-state index is 0.332. The van der Waals surface area contributed by atoms with E-state index in [0.717, 1.165) is 28.8 Å². The number of nitrogens with one attached hydrogen (secondary N) is 1. The number of primary amides is 1. The molecule has 0 unspecified atom stereocenters. The number of aromatic nitrogens is 1. The van der Waals surface area contributed by atoms with Crippen molar-refractivity contribution >= 4 is 46.0 Å². The molecule has 3 aromatic carbocycles. The maximum absolute atomic E-state index is 13.3. The average Bonchev–Trinajstić information content (AvgIpc) is 3.28. The lowest BCUT2D eigenvalue weighted by Crippen LogP contribution is -2.22. The van der Waals surface area contributed by atoms with Gasteiger partial charge in [0.05, 0.1) is 16.8 Å². The maximum atomic E-state index is 13.3. The summed E-state index contributed by atoms with van der Waals surface area (Å²) in [7, 11) is 0. The van der Waals surface area contributed by atoms with Crippen molar-refractivity contribution in [3.05, 3.63) is 107 Å². The molecule has 0 radical (unpaired) electrons. The number of rotatable bonds is 6. The number of esters is 1. The number of benzene rings is 3. The fraction of sp³-hybridized carbons (Fsp3) is 0.103. The fourth-order valence-corrected chi connectivity index (χ4v) is 4.38.